The van der Waals surface area contributed by atoms with E-state index in [1.54, 1.807) is 12.3 Å². The van der Waals surface area contributed by atoms with Gasteiger partial charge in [-0.25, -0.2) is 4.98 Å². The fourth-order valence-corrected chi connectivity index (χ4v) is 3.58. The van der Waals surface area contributed by atoms with Crippen LogP contribution in [0.4, 0.5) is 5.69 Å². The molecule has 0 aliphatic heterocycles. The van der Waals surface area contributed by atoms with E-state index in [4.69, 9.17) is 0 Å². The molecule has 1 saturated carbocycles. The van der Waals surface area contributed by atoms with Crippen LogP contribution in [0.15, 0.2) is 59.5 Å². The molecule has 1 aliphatic carbocycles. The fourth-order valence-electron chi connectivity index (χ4n) is 3.58. The van der Waals surface area contributed by atoms with Crippen LogP contribution in [0.5, 0.6) is 0 Å². The largest absolute Gasteiger partial charge is 0.324 e. The molecule has 1 aliphatic rings. The van der Waals surface area contributed by atoms with Crippen molar-refractivity contribution in [2.24, 2.45) is 0 Å². The molecule has 2 N–H and O–H groups in total. The van der Waals surface area contributed by atoms with Crippen LogP contribution < -0.4 is 10.9 Å². The molecule has 0 unspecified atom stereocenters. The van der Waals surface area contributed by atoms with Gasteiger partial charge in [0.15, 0.2) is 5.82 Å². The van der Waals surface area contributed by atoms with E-state index in [-0.39, 0.29) is 18.0 Å². The van der Waals surface area contributed by atoms with Gasteiger partial charge >= 0.3 is 0 Å². The molecule has 30 heavy (non-hydrogen) atoms. The molecule has 0 atom stereocenters. The Balaban J connectivity index is 1.41. The number of nitrogens with zero attached hydrogens (tertiary/aromatic N) is 3. The van der Waals surface area contributed by atoms with E-state index in [1.165, 1.54) is 4.57 Å². The second kappa shape index (κ2) is 7.26. The first-order valence-corrected chi connectivity index (χ1v) is 10.00. The highest BCUT2D eigenvalue weighted by Gasteiger charge is 2.27. The van der Waals surface area contributed by atoms with E-state index in [1.807, 2.05) is 49.4 Å². The number of nitrogens with one attached hydrogen (secondary N) is 2. The summed E-state index contributed by atoms with van der Waals surface area (Å²) >= 11 is 0. The third-order valence-corrected chi connectivity index (χ3v) is 5.36. The van der Waals surface area contributed by atoms with Crippen molar-refractivity contribution in [3.05, 3.63) is 76.5 Å². The second-order valence-corrected chi connectivity index (χ2v) is 7.75. The lowest BCUT2D eigenvalue weighted by atomic mass is 10.1. The van der Waals surface area contributed by atoms with E-state index in [0.717, 1.165) is 35.2 Å². The zero-order valence-electron chi connectivity index (χ0n) is 16.6. The summed E-state index contributed by atoms with van der Waals surface area (Å²) in [4.78, 5) is 30.0. The molecule has 0 spiro atoms. The molecule has 7 nitrogen and oxygen atoms in total. The smallest absolute Gasteiger partial charge is 0.258 e. The van der Waals surface area contributed by atoms with Gasteiger partial charge in [0.05, 0.1) is 5.69 Å². The van der Waals surface area contributed by atoms with E-state index in [0.29, 0.717) is 22.8 Å². The average Bonchev–Trinajstić information content (AvgIpc) is 3.48. The molecule has 2 aromatic carbocycles. The van der Waals surface area contributed by atoms with Crippen molar-refractivity contribution in [3.63, 3.8) is 0 Å². The first kappa shape index (κ1) is 18.3. The van der Waals surface area contributed by atoms with Gasteiger partial charge in [0.1, 0.15) is 12.4 Å². The second-order valence-electron chi connectivity index (χ2n) is 7.75. The van der Waals surface area contributed by atoms with Gasteiger partial charge in [0.2, 0.25) is 5.91 Å². The number of pyridine rings is 1. The number of aryl methyl sites for hydroxylation is 1. The summed E-state index contributed by atoms with van der Waals surface area (Å²) in [6, 6.07) is 14.9. The van der Waals surface area contributed by atoms with Crippen LogP contribution in [0.3, 0.4) is 0 Å². The standard InChI is InChI=1S/C23H21N5O2/c1-14-6-9-19(18(12-14)22-25-21(26-27-22)16-7-8-16)24-20(29)13-28-11-10-15-4-2-3-5-17(15)23(28)30/h2-6,9-12,16H,7-8,13H2,1H3,(H,24,29)(H,25,26,27). The van der Waals surface area contributed by atoms with Crippen LogP contribution in [-0.4, -0.2) is 25.7 Å². The Morgan fingerprint density at radius 3 is 2.87 bits per heavy atom. The van der Waals surface area contributed by atoms with E-state index in [2.05, 4.69) is 20.5 Å². The Morgan fingerprint density at radius 1 is 1.20 bits per heavy atom. The van der Waals surface area contributed by atoms with Crippen molar-refractivity contribution in [3.8, 4) is 11.4 Å². The third kappa shape index (κ3) is 3.50. The quantitative estimate of drug-likeness (QED) is 0.536. The summed E-state index contributed by atoms with van der Waals surface area (Å²) in [7, 11) is 0. The predicted molar refractivity (Wildman–Crippen MR) is 115 cm³/mol. The summed E-state index contributed by atoms with van der Waals surface area (Å²) in [6.45, 7) is 1.91. The number of fused-ring (bicyclic) bond motifs is 1. The molecule has 1 amide bonds. The first-order chi connectivity index (χ1) is 14.6. The Morgan fingerprint density at radius 2 is 2.03 bits per heavy atom. The molecule has 2 heterocycles. The van der Waals surface area contributed by atoms with Crippen molar-refractivity contribution in [1.82, 2.24) is 19.7 Å². The monoisotopic (exact) mass is 399 g/mol. The van der Waals surface area contributed by atoms with Crippen molar-refractivity contribution >= 4 is 22.4 Å². The Labute approximate surface area is 172 Å². The van der Waals surface area contributed by atoms with Crippen LogP contribution in [0, 0.1) is 6.92 Å². The lowest BCUT2D eigenvalue weighted by Gasteiger charge is -2.11. The SMILES string of the molecule is Cc1ccc(NC(=O)Cn2ccc3ccccc3c2=O)c(-c2n[nH]c(C3CC3)n2)c1. The van der Waals surface area contributed by atoms with Crippen molar-refractivity contribution in [1.29, 1.82) is 0 Å². The summed E-state index contributed by atoms with van der Waals surface area (Å²) in [5.41, 5.74) is 2.25. The van der Waals surface area contributed by atoms with Crippen LogP contribution in [-0.2, 0) is 11.3 Å². The number of hydrogen-bond donors (Lipinski definition) is 2. The minimum Gasteiger partial charge on any atom is -0.324 e. The predicted octanol–water partition coefficient (Wildman–Crippen LogP) is 3.61. The maximum absolute atomic E-state index is 12.7. The molecule has 5 rings (SSSR count). The van der Waals surface area contributed by atoms with Gasteiger partial charge in [-0.15, -0.1) is 0 Å². The molecule has 0 saturated heterocycles. The van der Waals surface area contributed by atoms with Gasteiger partial charge in [-0.1, -0.05) is 29.8 Å². The number of carbonyl (C=O) groups is 1. The molecule has 2 aromatic heterocycles. The number of carbonyl (C=O) groups excluding carboxylic acids is 1. The third-order valence-electron chi connectivity index (χ3n) is 5.36. The molecular weight excluding hydrogens is 378 g/mol. The summed E-state index contributed by atoms with van der Waals surface area (Å²) < 4.78 is 1.42. The molecule has 0 radical (unpaired) electrons. The van der Waals surface area contributed by atoms with Gasteiger partial charge in [-0.3, -0.25) is 14.7 Å². The van der Waals surface area contributed by atoms with Gasteiger partial charge in [0, 0.05) is 23.1 Å². The van der Waals surface area contributed by atoms with Crippen LogP contribution in [0.2, 0.25) is 0 Å². The molecule has 150 valence electrons. The first-order valence-electron chi connectivity index (χ1n) is 10.00. The highest BCUT2D eigenvalue weighted by atomic mass is 16.2. The zero-order valence-corrected chi connectivity index (χ0v) is 16.6. The number of anilines is 1. The summed E-state index contributed by atoms with van der Waals surface area (Å²) in [5.74, 6) is 1.65. The number of hydrogen-bond acceptors (Lipinski definition) is 4. The topological polar surface area (TPSA) is 92.7 Å². The summed E-state index contributed by atoms with van der Waals surface area (Å²) in [6.07, 6.45) is 3.91. The van der Waals surface area contributed by atoms with Gasteiger partial charge in [0.25, 0.3) is 5.56 Å². The van der Waals surface area contributed by atoms with E-state index in [9.17, 15) is 9.59 Å². The Hall–Kier alpha value is -3.74. The highest BCUT2D eigenvalue weighted by Crippen LogP contribution is 2.39. The van der Waals surface area contributed by atoms with Gasteiger partial charge in [-0.2, -0.15) is 5.10 Å². The number of H-pyrrole nitrogens is 1. The summed E-state index contributed by atoms with van der Waals surface area (Å²) in [5, 5.41) is 11.7. The van der Waals surface area contributed by atoms with Crippen molar-refractivity contribution in [2.75, 3.05) is 5.32 Å². The Kier molecular flexibility index (Phi) is 4.43. The molecule has 0 bridgehead atoms. The van der Waals surface area contributed by atoms with Crippen molar-refractivity contribution in [2.45, 2.75) is 32.2 Å². The minimum atomic E-state index is -0.282. The molecule has 1 fully saturated rings. The van der Waals surface area contributed by atoms with E-state index >= 15 is 0 Å². The maximum Gasteiger partial charge on any atom is 0.258 e. The number of aromatic nitrogens is 4. The highest BCUT2D eigenvalue weighted by molar-refractivity contribution is 5.95. The van der Waals surface area contributed by atoms with Crippen LogP contribution in [0.1, 0.15) is 30.1 Å². The zero-order chi connectivity index (χ0) is 20.7. The van der Waals surface area contributed by atoms with E-state index < -0.39 is 0 Å². The maximum atomic E-state index is 12.7. The average molecular weight is 399 g/mol. The lowest BCUT2D eigenvalue weighted by molar-refractivity contribution is -0.116. The molecular formula is C23H21N5O2. The van der Waals surface area contributed by atoms with Gasteiger partial charge in [-0.05, 0) is 49.4 Å². The van der Waals surface area contributed by atoms with Crippen LogP contribution in [0.25, 0.3) is 22.2 Å². The number of amides is 1. The number of aromatic amines is 1. The van der Waals surface area contributed by atoms with Gasteiger partial charge < -0.3 is 9.88 Å². The lowest BCUT2D eigenvalue weighted by Crippen LogP contribution is -2.27. The number of benzene rings is 2. The van der Waals surface area contributed by atoms with Crippen molar-refractivity contribution < 1.29 is 4.79 Å². The Bertz CT molecular complexity index is 1320. The minimum absolute atomic E-state index is 0.0711. The molecule has 7 heteroatoms. The normalized spacial score (nSPS) is 13.5. The number of rotatable bonds is 5. The van der Waals surface area contributed by atoms with Crippen LogP contribution >= 0.6 is 0 Å². The molecule has 4 aromatic rings. The fraction of sp³-hybridized carbons (Fsp3) is 0.217.